The van der Waals surface area contributed by atoms with Crippen LogP contribution in [0.4, 0.5) is 0 Å². The smallest absolute Gasteiger partial charge is 0.339 e. The highest BCUT2D eigenvalue weighted by molar-refractivity contribution is 5.97. The SMILES string of the molecule is Cc1c(C(=O)N2CCCC3(C2)OC(=O)c2ccccc23)cnn1-c1ccccc1. The molecule has 6 nitrogen and oxygen atoms in total. The van der Waals surface area contributed by atoms with E-state index in [2.05, 4.69) is 5.10 Å². The summed E-state index contributed by atoms with van der Waals surface area (Å²) in [6.07, 6.45) is 3.13. The lowest BCUT2D eigenvalue weighted by molar-refractivity contribution is -0.0442. The van der Waals surface area contributed by atoms with E-state index in [-0.39, 0.29) is 11.9 Å². The molecule has 3 aromatic rings. The third kappa shape index (κ3) is 2.75. The molecule has 0 N–H and O–H groups in total. The van der Waals surface area contributed by atoms with Gasteiger partial charge in [0, 0.05) is 12.1 Å². The van der Waals surface area contributed by atoms with Gasteiger partial charge in [-0.2, -0.15) is 5.10 Å². The Labute approximate surface area is 168 Å². The summed E-state index contributed by atoms with van der Waals surface area (Å²) in [5.41, 5.74) is 3.03. The second kappa shape index (κ2) is 6.58. The summed E-state index contributed by atoms with van der Waals surface area (Å²) >= 11 is 0. The van der Waals surface area contributed by atoms with Crippen LogP contribution in [-0.4, -0.2) is 39.6 Å². The summed E-state index contributed by atoms with van der Waals surface area (Å²) in [6.45, 7) is 2.90. The van der Waals surface area contributed by atoms with Gasteiger partial charge in [0.25, 0.3) is 5.91 Å². The molecule has 0 bridgehead atoms. The minimum Gasteiger partial charge on any atom is -0.449 e. The van der Waals surface area contributed by atoms with Gasteiger partial charge in [-0.25, -0.2) is 9.48 Å². The third-order valence-electron chi connectivity index (χ3n) is 5.91. The largest absolute Gasteiger partial charge is 0.449 e. The monoisotopic (exact) mass is 387 g/mol. The van der Waals surface area contributed by atoms with Gasteiger partial charge in [-0.15, -0.1) is 0 Å². The van der Waals surface area contributed by atoms with Gasteiger partial charge in [0.2, 0.25) is 0 Å². The van der Waals surface area contributed by atoms with Crippen molar-refractivity contribution >= 4 is 11.9 Å². The molecule has 0 aliphatic carbocycles. The normalized spacial score (nSPS) is 20.6. The fourth-order valence-corrected chi connectivity index (χ4v) is 4.46. The number of esters is 1. The molecule has 1 spiro atoms. The minimum atomic E-state index is -0.745. The van der Waals surface area contributed by atoms with Crippen molar-refractivity contribution in [2.24, 2.45) is 0 Å². The molecular weight excluding hydrogens is 366 g/mol. The topological polar surface area (TPSA) is 64.4 Å². The molecule has 1 fully saturated rings. The van der Waals surface area contributed by atoms with Gasteiger partial charge in [-0.1, -0.05) is 36.4 Å². The van der Waals surface area contributed by atoms with E-state index in [9.17, 15) is 9.59 Å². The van der Waals surface area contributed by atoms with Gasteiger partial charge in [0.15, 0.2) is 5.60 Å². The van der Waals surface area contributed by atoms with Crippen LogP contribution in [0, 0.1) is 6.92 Å². The van der Waals surface area contributed by atoms with Crippen LogP contribution in [0.15, 0.2) is 60.8 Å². The average Bonchev–Trinajstić information content (AvgIpc) is 3.26. The lowest BCUT2D eigenvalue weighted by atomic mass is 9.85. The summed E-state index contributed by atoms with van der Waals surface area (Å²) < 4.78 is 7.60. The molecule has 1 aromatic heterocycles. The first kappa shape index (κ1) is 17.7. The Kier molecular flexibility index (Phi) is 4.01. The number of hydrogen-bond donors (Lipinski definition) is 0. The van der Waals surface area contributed by atoms with Gasteiger partial charge >= 0.3 is 5.97 Å². The quantitative estimate of drug-likeness (QED) is 0.632. The van der Waals surface area contributed by atoms with Crippen molar-refractivity contribution < 1.29 is 14.3 Å². The van der Waals surface area contributed by atoms with E-state index >= 15 is 0 Å². The number of hydrogen-bond acceptors (Lipinski definition) is 4. The van der Waals surface area contributed by atoms with Crippen molar-refractivity contribution in [2.75, 3.05) is 13.1 Å². The maximum atomic E-state index is 13.3. The molecule has 0 saturated carbocycles. The standard InChI is InChI=1S/C23H21N3O3/c1-16-19(14-24-26(16)17-8-3-2-4-9-17)21(27)25-13-7-12-23(15-25)20-11-6-5-10-18(20)22(28)29-23/h2-6,8-11,14H,7,12-13,15H2,1H3. The van der Waals surface area contributed by atoms with Gasteiger partial charge in [0.05, 0.1) is 35.2 Å². The summed E-state index contributed by atoms with van der Waals surface area (Å²) in [7, 11) is 0. The maximum absolute atomic E-state index is 13.3. The second-order valence-corrected chi connectivity index (χ2v) is 7.65. The predicted octanol–water partition coefficient (Wildman–Crippen LogP) is 3.48. The Morgan fingerprint density at radius 1 is 1.10 bits per heavy atom. The molecule has 5 rings (SSSR count). The van der Waals surface area contributed by atoms with Crippen molar-refractivity contribution in [1.82, 2.24) is 14.7 Å². The van der Waals surface area contributed by atoms with Crippen LogP contribution >= 0.6 is 0 Å². The zero-order valence-corrected chi connectivity index (χ0v) is 16.2. The molecule has 3 heterocycles. The highest BCUT2D eigenvalue weighted by atomic mass is 16.6. The molecule has 1 unspecified atom stereocenters. The molecule has 2 aliphatic heterocycles. The van der Waals surface area contributed by atoms with Crippen molar-refractivity contribution in [3.8, 4) is 5.69 Å². The van der Waals surface area contributed by atoms with Crippen molar-refractivity contribution in [2.45, 2.75) is 25.4 Å². The number of benzene rings is 2. The first-order chi connectivity index (χ1) is 14.1. The number of para-hydroxylation sites is 1. The number of carbonyl (C=O) groups is 2. The Hall–Kier alpha value is -3.41. The number of rotatable bonds is 2. The molecule has 1 saturated heterocycles. The highest BCUT2D eigenvalue weighted by Gasteiger charge is 2.48. The molecule has 2 aromatic carbocycles. The highest BCUT2D eigenvalue weighted by Crippen LogP contribution is 2.43. The average molecular weight is 387 g/mol. The van der Waals surface area contributed by atoms with Crippen molar-refractivity contribution in [3.63, 3.8) is 0 Å². The first-order valence-corrected chi connectivity index (χ1v) is 9.81. The third-order valence-corrected chi connectivity index (χ3v) is 5.91. The van der Waals surface area contributed by atoms with E-state index in [1.807, 2.05) is 55.5 Å². The summed E-state index contributed by atoms with van der Waals surface area (Å²) in [6, 6.07) is 17.2. The van der Waals surface area contributed by atoms with E-state index in [4.69, 9.17) is 4.74 Å². The van der Waals surface area contributed by atoms with Crippen molar-refractivity contribution in [3.05, 3.63) is 83.2 Å². The Bertz CT molecular complexity index is 1110. The number of amides is 1. The summed E-state index contributed by atoms with van der Waals surface area (Å²) in [5, 5.41) is 4.42. The van der Waals surface area contributed by atoms with E-state index in [1.165, 1.54) is 0 Å². The molecule has 146 valence electrons. The van der Waals surface area contributed by atoms with Crippen LogP contribution in [0.2, 0.25) is 0 Å². The zero-order chi connectivity index (χ0) is 20.0. The zero-order valence-electron chi connectivity index (χ0n) is 16.2. The fraction of sp³-hybridized carbons (Fsp3) is 0.261. The van der Waals surface area contributed by atoms with Gasteiger partial charge < -0.3 is 9.64 Å². The number of carbonyl (C=O) groups excluding carboxylic acids is 2. The van der Waals surface area contributed by atoms with Crippen LogP contribution in [-0.2, 0) is 10.3 Å². The van der Waals surface area contributed by atoms with Gasteiger partial charge in [0.1, 0.15) is 0 Å². The number of aromatic nitrogens is 2. The molecule has 1 atom stereocenters. The van der Waals surface area contributed by atoms with Crippen molar-refractivity contribution in [1.29, 1.82) is 0 Å². The van der Waals surface area contributed by atoms with Crippen LogP contribution in [0.5, 0.6) is 0 Å². The minimum absolute atomic E-state index is 0.0795. The van der Waals surface area contributed by atoms with Gasteiger partial charge in [-0.3, -0.25) is 4.79 Å². The van der Waals surface area contributed by atoms with E-state index in [1.54, 1.807) is 21.8 Å². The Balaban J connectivity index is 1.45. The number of nitrogens with zero attached hydrogens (tertiary/aromatic N) is 3. The second-order valence-electron chi connectivity index (χ2n) is 7.65. The van der Waals surface area contributed by atoms with Crippen LogP contribution in [0.3, 0.4) is 0 Å². The molecular formula is C23H21N3O3. The lowest BCUT2D eigenvalue weighted by Gasteiger charge is -2.39. The first-order valence-electron chi connectivity index (χ1n) is 9.81. The Morgan fingerprint density at radius 3 is 2.69 bits per heavy atom. The molecule has 2 aliphatic rings. The van der Waals surface area contributed by atoms with E-state index in [0.29, 0.717) is 24.2 Å². The van der Waals surface area contributed by atoms with Crippen LogP contribution < -0.4 is 0 Å². The molecule has 29 heavy (non-hydrogen) atoms. The predicted molar refractivity (Wildman–Crippen MR) is 107 cm³/mol. The number of piperidine rings is 1. The van der Waals surface area contributed by atoms with Crippen LogP contribution in [0.1, 0.15) is 44.8 Å². The van der Waals surface area contributed by atoms with Crippen LogP contribution in [0.25, 0.3) is 5.69 Å². The van der Waals surface area contributed by atoms with E-state index in [0.717, 1.165) is 29.8 Å². The fourth-order valence-electron chi connectivity index (χ4n) is 4.46. The molecule has 0 radical (unpaired) electrons. The molecule has 6 heteroatoms. The molecule has 1 amide bonds. The number of fused-ring (bicyclic) bond motifs is 2. The van der Waals surface area contributed by atoms with Gasteiger partial charge in [-0.05, 0) is 38.0 Å². The number of ether oxygens (including phenoxy) is 1. The lowest BCUT2D eigenvalue weighted by Crippen LogP contribution is -2.48. The number of likely N-dealkylation sites (tertiary alicyclic amines) is 1. The summed E-state index contributed by atoms with van der Waals surface area (Å²) in [5.74, 6) is -0.382. The maximum Gasteiger partial charge on any atom is 0.339 e. The summed E-state index contributed by atoms with van der Waals surface area (Å²) in [4.78, 5) is 27.5. The Morgan fingerprint density at radius 2 is 1.86 bits per heavy atom. The van der Waals surface area contributed by atoms with E-state index < -0.39 is 5.60 Å².